The monoisotopic (exact) mass is 251 g/mol. The lowest BCUT2D eigenvalue weighted by Gasteiger charge is -2.20. The van der Waals surface area contributed by atoms with Crippen LogP contribution in [0.15, 0.2) is 28.9 Å². The molecule has 1 N–H and O–H groups in total. The third-order valence-corrected chi connectivity index (χ3v) is 2.55. The van der Waals surface area contributed by atoms with Crippen molar-refractivity contribution in [2.24, 2.45) is 0 Å². The minimum Gasteiger partial charge on any atom is -0.468 e. The molecule has 3 heteroatoms. The highest BCUT2D eigenvalue weighted by Crippen LogP contribution is 2.13. The number of ether oxygens (including phenoxy) is 1. The fourth-order valence-corrected chi connectivity index (χ4v) is 1.42. The third kappa shape index (κ3) is 6.03. The third-order valence-electron chi connectivity index (χ3n) is 2.55. The second-order valence-electron chi connectivity index (χ2n) is 5.73. The second-order valence-corrected chi connectivity index (χ2v) is 5.73. The first-order chi connectivity index (χ1) is 8.38. The summed E-state index contributed by atoms with van der Waals surface area (Å²) in [4.78, 5) is 0. The quantitative estimate of drug-likeness (QED) is 0.593. The van der Waals surface area contributed by atoms with Gasteiger partial charge in [-0.05, 0) is 40.2 Å². The average Bonchev–Trinajstić information content (AvgIpc) is 2.68. The largest absolute Gasteiger partial charge is 0.468 e. The number of rotatable bonds is 7. The van der Waals surface area contributed by atoms with Gasteiger partial charge in [-0.25, -0.2) is 0 Å². The van der Waals surface area contributed by atoms with Crippen molar-refractivity contribution in [2.45, 2.75) is 52.8 Å². The minimum absolute atomic E-state index is 0.0882. The fraction of sp³-hybridized carbons (Fsp3) is 0.600. The summed E-state index contributed by atoms with van der Waals surface area (Å²) in [6, 6.07) is 1.97. The molecular weight excluding hydrogens is 226 g/mol. The van der Waals surface area contributed by atoms with Gasteiger partial charge in [-0.3, -0.25) is 0 Å². The number of furan rings is 1. The number of nitrogens with one attached hydrogen (secondary N) is 1. The molecule has 1 aromatic rings. The summed E-state index contributed by atoms with van der Waals surface area (Å²) in [5.74, 6) is 0.959. The maximum Gasteiger partial charge on any atom is 0.123 e. The van der Waals surface area contributed by atoms with Crippen LogP contribution in [0.1, 0.15) is 45.4 Å². The van der Waals surface area contributed by atoms with Gasteiger partial charge >= 0.3 is 0 Å². The molecule has 0 saturated carbocycles. The van der Waals surface area contributed by atoms with Crippen molar-refractivity contribution in [3.63, 3.8) is 0 Å². The SMILES string of the molecule is C=C(C)CCOCc1ccoc1CNC(C)(C)C. The summed E-state index contributed by atoms with van der Waals surface area (Å²) < 4.78 is 11.1. The van der Waals surface area contributed by atoms with Gasteiger partial charge in [-0.15, -0.1) is 6.58 Å². The second kappa shape index (κ2) is 6.76. The summed E-state index contributed by atoms with van der Waals surface area (Å²) in [6.45, 7) is 14.3. The Morgan fingerprint density at radius 2 is 2.17 bits per heavy atom. The molecule has 102 valence electrons. The lowest BCUT2D eigenvalue weighted by atomic mass is 10.1. The van der Waals surface area contributed by atoms with Gasteiger partial charge in [0.2, 0.25) is 0 Å². The van der Waals surface area contributed by atoms with Crippen LogP contribution in [0.2, 0.25) is 0 Å². The highest BCUT2D eigenvalue weighted by Gasteiger charge is 2.12. The van der Waals surface area contributed by atoms with E-state index in [9.17, 15) is 0 Å². The van der Waals surface area contributed by atoms with E-state index in [1.54, 1.807) is 6.26 Å². The lowest BCUT2D eigenvalue weighted by Crippen LogP contribution is -2.35. The van der Waals surface area contributed by atoms with Crippen molar-refractivity contribution in [3.05, 3.63) is 35.8 Å². The Kier molecular flexibility index (Phi) is 5.63. The molecule has 0 aliphatic rings. The Morgan fingerprint density at radius 1 is 1.44 bits per heavy atom. The van der Waals surface area contributed by atoms with E-state index in [2.05, 4.69) is 32.7 Å². The van der Waals surface area contributed by atoms with Gasteiger partial charge in [0.25, 0.3) is 0 Å². The average molecular weight is 251 g/mol. The first-order valence-corrected chi connectivity index (χ1v) is 6.41. The number of hydrogen-bond acceptors (Lipinski definition) is 3. The van der Waals surface area contributed by atoms with Crippen LogP contribution >= 0.6 is 0 Å². The van der Waals surface area contributed by atoms with E-state index in [4.69, 9.17) is 9.15 Å². The molecule has 1 rings (SSSR count). The summed E-state index contributed by atoms with van der Waals surface area (Å²) in [6.07, 6.45) is 2.63. The molecule has 0 spiro atoms. The predicted octanol–water partition coefficient (Wildman–Crippen LogP) is 3.65. The van der Waals surface area contributed by atoms with Crippen molar-refractivity contribution >= 4 is 0 Å². The predicted molar refractivity (Wildman–Crippen MR) is 74.4 cm³/mol. The maximum absolute atomic E-state index is 5.61. The van der Waals surface area contributed by atoms with Crippen LogP contribution in [0.5, 0.6) is 0 Å². The van der Waals surface area contributed by atoms with Crippen LogP contribution in [0, 0.1) is 0 Å². The molecule has 0 aromatic carbocycles. The van der Waals surface area contributed by atoms with Crippen molar-refractivity contribution in [2.75, 3.05) is 6.61 Å². The van der Waals surface area contributed by atoms with Crippen LogP contribution in [-0.2, 0) is 17.9 Å². The van der Waals surface area contributed by atoms with Gasteiger partial charge in [0.05, 0.1) is 26.0 Å². The molecule has 0 atom stereocenters. The Balaban J connectivity index is 2.37. The molecule has 0 unspecified atom stereocenters. The van der Waals surface area contributed by atoms with Crippen LogP contribution in [0.3, 0.4) is 0 Å². The van der Waals surface area contributed by atoms with Crippen molar-refractivity contribution in [1.82, 2.24) is 5.32 Å². The Bertz CT molecular complexity index is 374. The molecule has 0 aliphatic carbocycles. The fourth-order valence-electron chi connectivity index (χ4n) is 1.42. The van der Waals surface area contributed by atoms with Gasteiger partial charge in [-0.1, -0.05) is 5.57 Å². The standard InChI is InChI=1S/C15H25NO2/c1-12(2)6-8-17-11-13-7-9-18-14(13)10-16-15(3,4)5/h7,9,16H,1,6,8,10-11H2,2-5H3. The minimum atomic E-state index is 0.0882. The van der Waals surface area contributed by atoms with E-state index >= 15 is 0 Å². The lowest BCUT2D eigenvalue weighted by molar-refractivity contribution is 0.122. The molecular formula is C15H25NO2. The van der Waals surface area contributed by atoms with E-state index in [0.29, 0.717) is 13.2 Å². The Labute approximate surface area is 110 Å². The van der Waals surface area contributed by atoms with Gasteiger partial charge in [-0.2, -0.15) is 0 Å². The van der Waals surface area contributed by atoms with Crippen LogP contribution in [0.25, 0.3) is 0 Å². The topological polar surface area (TPSA) is 34.4 Å². The molecule has 0 fully saturated rings. The molecule has 0 saturated heterocycles. The van der Waals surface area contributed by atoms with Crippen molar-refractivity contribution in [1.29, 1.82) is 0 Å². The Hall–Kier alpha value is -1.06. The first-order valence-electron chi connectivity index (χ1n) is 6.41. The van der Waals surface area contributed by atoms with Gasteiger partial charge in [0.1, 0.15) is 5.76 Å². The first kappa shape index (κ1) is 15.0. The van der Waals surface area contributed by atoms with E-state index < -0.39 is 0 Å². The molecule has 0 aliphatic heterocycles. The zero-order valence-electron chi connectivity index (χ0n) is 12.0. The molecule has 0 radical (unpaired) electrons. The highest BCUT2D eigenvalue weighted by atomic mass is 16.5. The molecule has 1 heterocycles. The zero-order chi connectivity index (χ0) is 13.6. The summed E-state index contributed by atoms with van der Waals surface area (Å²) in [5.41, 5.74) is 2.36. The summed E-state index contributed by atoms with van der Waals surface area (Å²) in [5, 5.41) is 3.41. The van der Waals surface area contributed by atoms with Gasteiger partial charge in [0, 0.05) is 11.1 Å². The van der Waals surface area contributed by atoms with Crippen LogP contribution in [0.4, 0.5) is 0 Å². The van der Waals surface area contributed by atoms with Crippen LogP contribution in [-0.4, -0.2) is 12.1 Å². The molecule has 0 bridgehead atoms. The number of hydrogen-bond donors (Lipinski definition) is 1. The summed E-state index contributed by atoms with van der Waals surface area (Å²) >= 11 is 0. The normalized spacial score (nSPS) is 11.8. The van der Waals surface area contributed by atoms with E-state index in [-0.39, 0.29) is 5.54 Å². The van der Waals surface area contributed by atoms with Crippen molar-refractivity contribution < 1.29 is 9.15 Å². The smallest absolute Gasteiger partial charge is 0.123 e. The zero-order valence-corrected chi connectivity index (χ0v) is 12.0. The summed E-state index contributed by atoms with van der Waals surface area (Å²) in [7, 11) is 0. The van der Waals surface area contributed by atoms with Gasteiger partial charge < -0.3 is 14.5 Å². The maximum atomic E-state index is 5.61. The Morgan fingerprint density at radius 3 is 2.78 bits per heavy atom. The van der Waals surface area contributed by atoms with Gasteiger partial charge in [0.15, 0.2) is 0 Å². The van der Waals surface area contributed by atoms with E-state index in [0.717, 1.165) is 29.9 Å². The highest BCUT2D eigenvalue weighted by molar-refractivity contribution is 5.16. The van der Waals surface area contributed by atoms with Crippen LogP contribution < -0.4 is 5.32 Å². The van der Waals surface area contributed by atoms with Crippen molar-refractivity contribution in [3.8, 4) is 0 Å². The van der Waals surface area contributed by atoms with E-state index in [1.165, 1.54) is 0 Å². The molecule has 1 aromatic heterocycles. The van der Waals surface area contributed by atoms with E-state index in [1.807, 2.05) is 13.0 Å². The molecule has 0 amide bonds. The molecule has 3 nitrogen and oxygen atoms in total. The molecule has 18 heavy (non-hydrogen) atoms.